The number of rotatable bonds is 4. The van der Waals surface area contributed by atoms with Crippen LogP contribution in [0.15, 0.2) is 12.1 Å². The van der Waals surface area contributed by atoms with E-state index >= 15 is 0 Å². The molecule has 0 saturated carbocycles. The van der Waals surface area contributed by atoms with Crippen molar-refractivity contribution >= 4 is 23.3 Å². The number of carbonyl (C=O) groups excluding carboxylic acids is 1. The lowest BCUT2D eigenvalue weighted by Crippen LogP contribution is -2.09. The third-order valence-electron chi connectivity index (χ3n) is 2.27. The molecule has 0 heterocycles. The van der Waals surface area contributed by atoms with E-state index in [4.69, 9.17) is 16.3 Å². The van der Waals surface area contributed by atoms with Gasteiger partial charge in [0.05, 0.1) is 23.0 Å². The number of halogens is 1. The summed E-state index contributed by atoms with van der Waals surface area (Å²) in [5, 5.41) is 11.2. The summed E-state index contributed by atoms with van der Waals surface area (Å²) in [6.07, 6.45) is -0.123. The Morgan fingerprint density at radius 2 is 2.18 bits per heavy atom. The van der Waals surface area contributed by atoms with Crippen molar-refractivity contribution in [2.75, 3.05) is 6.61 Å². The lowest BCUT2D eigenvalue weighted by molar-refractivity contribution is -0.386. The van der Waals surface area contributed by atoms with E-state index in [1.165, 1.54) is 6.07 Å². The van der Waals surface area contributed by atoms with Crippen molar-refractivity contribution in [3.8, 4) is 0 Å². The fourth-order valence-corrected chi connectivity index (χ4v) is 1.65. The first-order valence-electron chi connectivity index (χ1n) is 5.05. The lowest BCUT2D eigenvalue weighted by atomic mass is 10.1. The normalized spacial score (nSPS) is 10.1. The molecule has 0 aliphatic carbocycles. The molecule has 0 fully saturated rings. The smallest absolute Gasteiger partial charge is 0.310 e. The van der Waals surface area contributed by atoms with Crippen LogP contribution in [0, 0.1) is 17.0 Å². The van der Waals surface area contributed by atoms with Gasteiger partial charge in [-0.2, -0.15) is 0 Å². The zero-order valence-electron chi connectivity index (χ0n) is 9.53. The minimum atomic E-state index is -0.532. The van der Waals surface area contributed by atoms with E-state index in [0.717, 1.165) is 0 Å². The Morgan fingerprint density at radius 3 is 2.71 bits per heavy atom. The van der Waals surface area contributed by atoms with Crippen molar-refractivity contribution in [3.05, 3.63) is 38.4 Å². The predicted molar refractivity (Wildman–Crippen MR) is 63.2 cm³/mol. The molecule has 0 atom stereocenters. The number of hydrogen-bond acceptors (Lipinski definition) is 4. The first-order valence-corrected chi connectivity index (χ1v) is 5.43. The van der Waals surface area contributed by atoms with E-state index in [9.17, 15) is 14.9 Å². The SMILES string of the molecule is CCOC(=O)Cc1ccc(Cl)c(C)c1[N+](=O)[O-]. The Morgan fingerprint density at radius 1 is 1.53 bits per heavy atom. The van der Waals surface area contributed by atoms with Crippen molar-refractivity contribution in [1.82, 2.24) is 0 Å². The van der Waals surface area contributed by atoms with Gasteiger partial charge < -0.3 is 4.74 Å². The molecule has 1 aromatic rings. The van der Waals surface area contributed by atoms with Crippen molar-refractivity contribution < 1.29 is 14.5 Å². The van der Waals surface area contributed by atoms with Gasteiger partial charge in [0, 0.05) is 11.1 Å². The summed E-state index contributed by atoms with van der Waals surface area (Å²) in [5.74, 6) is -0.489. The van der Waals surface area contributed by atoms with Crippen molar-refractivity contribution in [3.63, 3.8) is 0 Å². The molecule has 0 aromatic heterocycles. The Balaban J connectivity index is 3.11. The molecule has 0 aliphatic heterocycles. The summed E-state index contributed by atoms with van der Waals surface area (Å²) in [4.78, 5) is 21.7. The van der Waals surface area contributed by atoms with E-state index < -0.39 is 10.9 Å². The summed E-state index contributed by atoms with van der Waals surface area (Å²) in [7, 11) is 0. The number of ether oxygens (including phenoxy) is 1. The first kappa shape index (κ1) is 13.4. The number of carbonyl (C=O) groups is 1. The van der Waals surface area contributed by atoms with Crippen LogP contribution in [0.5, 0.6) is 0 Å². The number of nitro groups is 1. The van der Waals surface area contributed by atoms with Crippen molar-refractivity contribution in [1.29, 1.82) is 0 Å². The van der Waals surface area contributed by atoms with Crippen LogP contribution in [0.2, 0.25) is 5.02 Å². The van der Waals surface area contributed by atoms with Crippen molar-refractivity contribution in [2.45, 2.75) is 20.3 Å². The van der Waals surface area contributed by atoms with E-state index in [2.05, 4.69) is 0 Å². The second-order valence-corrected chi connectivity index (χ2v) is 3.83. The van der Waals surface area contributed by atoms with Gasteiger partial charge in [-0.1, -0.05) is 17.7 Å². The van der Waals surface area contributed by atoms with Gasteiger partial charge in [0.2, 0.25) is 0 Å². The average Bonchev–Trinajstić information content (AvgIpc) is 2.23. The molecule has 0 aliphatic rings. The molecular formula is C11H12ClNO4. The first-order chi connectivity index (χ1) is 7.97. The predicted octanol–water partition coefficient (Wildman–Crippen LogP) is 2.66. The Labute approximate surface area is 103 Å². The van der Waals surface area contributed by atoms with Gasteiger partial charge in [-0.25, -0.2) is 0 Å². The largest absolute Gasteiger partial charge is 0.466 e. The molecule has 0 radical (unpaired) electrons. The Kier molecular flexibility index (Phi) is 4.45. The van der Waals surface area contributed by atoms with E-state index in [1.807, 2.05) is 0 Å². The quantitative estimate of drug-likeness (QED) is 0.472. The molecule has 6 heteroatoms. The van der Waals surface area contributed by atoms with E-state index in [0.29, 0.717) is 16.1 Å². The monoisotopic (exact) mass is 257 g/mol. The lowest BCUT2D eigenvalue weighted by Gasteiger charge is -2.06. The summed E-state index contributed by atoms with van der Waals surface area (Å²) >= 11 is 5.81. The van der Waals surface area contributed by atoms with Gasteiger partial charge in [0.15, 0.2) is 0 Å². The Hall–Kier alpha value is -1.62. The zero-order valence-corrected chi connectivity index (χ0v) is 10.3. The van der Waals surface area contributed by atoms with Crippen LogP contribution >= 0.6 is 11.6 Å². The van der Waals surface area contributed by atoms with Crippen molar-refractivity contribution in [2.24, 2.45) is 0 Å². The standard InChI is InChI=1S/C11H12ClNO4/c1-3-17-10(14)6-8-4-5-9(12)7(2)11(8)13(15)16/h4-5H,3,6H2,1-2H3. The molecule has 0 amide bonds. The highest BCUT2D eigenvalue weighted by Gasteiger charge is 2.21. The molecule has 1 aromatic carbocycles. The average molecular weight is 258 g/mol. The fourth-order valence-electron chi connectivity index (χ4n) is 1.50. The molecule has 0 bridgehead atoms. The molecule has 17 heavy (non-hydrogen) atoms. The summed E-state index contributed by atoms with van der Waals surface area (Å²) in [6.45, 7) is 3.48. The topological polar surface area (TPSA) is 69.4 Å². The molecule has 0 N–H and O–H groups in total. The third-order valence-corrected chi connectivity index (χ3v) is 2.68. The van der Waals surface area contributed by atoms with Crippen LogP contribution in [0.3, 0.4) is 0 Å². The number of hydrogen-bond donors (Lipinski definition) is 0. The number of nitro benzene ring substituents is 1. The maximum Gasteiger partial charge on any atom is 0.310 e. The van der Waals surface area contributed by atoms with Crippen LogP contribution in [0.1, 0.15) is 18.1 Å². The van der Waals surface area contributed by atoms with Crippen LogP contribution in [0.4, 0.5) is 5.69 Å². The van der Waals surface area contributed by atoms with Gasteiger partial charge in [-0.3, -0.25) is 14.9 Å². The molecule has 0 saturated heterocycles. The highest BCUT2D eigenvalue weighted by molar-refractivity contribution is 6.31. The second-order valence-electron chi connectivity index (χ2n) is 3.42. The Bertz CT molecular complexity index is 459. The molecule has 0 spiro atoms. The maximum absolute atomic E-state index is 11.3. The van der Waals surface area contributed by atoms with Gasteiger partial charge in [-0.05, 0) is 19.9 Å². The van der Waals surface area contributed by atoms with Gasteiger partial charge in [0.25, 0.3) is 5.69 Å². The minimum absolute atomic E-state index is 0.120. The van der Waals surface area contributed by atoms with Crippen LogP contribution in [-0.2, 0) is 16.0 Å². The molecule has 0 unspecified atom stereocenters. The molecule has 5 nitrogen and oxygen atoms in total. The summed E-state index contributed by atoms with van der Waals surface area (Å²) in [6, 6.07) is 3.02. The molecule has 92 valence electrons. The molecule has 1 rings (SSSR count). The number of nitrogens with zero attached hydrogens (tertiary/aromatic N) is 1. The zero-order chi connectivity index (χ0) is 13.0. The number of benzene rings is 1. The van der Waals surface area contributed by atoms with E-state index in [-0.39, 0.29) is 18.7 Å². The second kappa shape index (κ2) is 5.63. The van der Waals surface area contributed by atoms with Gasteiger partial charge in [-0.15, -0.1) is 0 Å². The summed E-state index contributed by atoms with van der Waals surface area (Å²) in [5.41, 5.74) is 0.555. The van der Waals surface area contributed by atoms with Crippen LogP contribution in [0.25, 0.3) is 0 Å². The summed E-state index contributed by atoms with van der Waals surface area (Å²) < 4.78 is 4.76. The highest BCUT2D eigenvalue weighted by atomic mass is 35.5. The highest BCUT2D eigenvalue weighted by Crippen LogP contribution is 2.29. The van der Waals surface area contributed by atoms with Gasteiger partial charge in [0.1, 0.15) is 0 Å². The van der Waals surface area contributed by atoms with Crippen LogP contribution < -0.4 is 0 Å². The van der Waals surface area contributed by atoms with E-state index in [1.54, 1.807) is 19.9 Å². The fraction of sp³-hybridized carbons (Fsp3) is 0.364. The number of esters is 1. The van der Waals surface area contributed by atoms with Gasteiger partial charge >= 0.3 is 5.97 Å². The van der Waals surface area contributed by atoms with Crippen LogP contribution in [-0.4, -0.2) is 17.5 Å². The molecular weight excluding hydrogens is 246 g/mol. The minimum Gasteiger partial charge on any atom is -0.466 e. The third kappa shape index (κ3) is 3.17. The maximum atomic E-state index is 11.3.